The summed E-state index contributed by atoms with van der Waals surface area (Å²) in [6.07, 6.45) is 0. The lowest BCUT2D eigenvalue weighted by atomic mass is 9.94. The number of fused-ring (bicyclic) bond motifs is 7. The Labute approximate surface area is 310 Å². The summed E-state index contributed by atoms with van der Waals surface area (Å²) in [5.74, 6) is 0.642. The Bertz CT molecular complexity index is 3210. The van der Waals surface area contributed by atoms with Gasteiger partial charge in [-0.2, -0.15) is 0 Å². The minimum absolute atomic E-state index is 0.642. The van der Waals surface area contributed by atoms with Gasteiger partial charge >= 0.3 is 0 Å². The molecule has 8 aromatic carbocycles. The van der Waals surface area contributed by atoms with Gasteiger partial charge in [0.15, 0.2) is 5.82 Å². The predicted octanol–water partition coefficient (Wildman–Crippen LogP) is 13.8. The molecule has 4 nitrogen and oxygen atoms in total. The summed E-state index contributed by atoms with van der Waals surface area (Å²) in [4.78, 5) is 10.5. The minimum Gasteiger partial charge on any atom is -0.456 e. The van der Waals surface area contributed by atoms with Crippen molar-refractivity contribution in [3.63, 3.8) is 0 Å². The lowest BCUT2D eigenvalue weighted by molar-refractivity contribution is 0.668. The van der Waals surface area contributed by atoms with E-state index >= 15 is 0 Å². The first kappa shape index (κ1) is 30.3. The molecule has 3 heterocycles. The van der Waals surface area contributed by atoms with Crippen molar-refractivity contribution in [2.45, 2.75) is 0 Å². The van der Waals surface area contributed by atoms with Gasteiger partial charge in [0.2, 0.25) is 0 Å². The molecule has 11 aromatic rings. The van der Waals surface area contributed by atoms with Crippen LogP contribution < -0.4 is 0 Å². The molecule has 3 aromatic heterocycles. The monoisotopic (exact) mass is 690 g/mol. The van der Waals surface area contributed by atoms with Crippen molar-refractivity contribution < 1.29 is 8.83 Å². The Kier molecular flexibility index (Phi) is 6.82. The maximum atomic E-state index is 6.57. The molecule has 4 heteroatoms. The van der Waals surface area contributed by atoms with Crippen molar-refractivity contribution >= 4 is 54.6 Å². The fourth-order valence-corrected chi connectivity index (χ4v) is 7.79. The lowest BCUT2D eigenvalue weighted by Gasteiger charge is -2.12. The van der Waals surface area contributed by atoms with Gasteiger partial charge in [0, 0.05) is 38.2 Å². The molecule has 11 rings (SSSR count). The standard InChI is InChI=1S/C50H30N2O2/c1-2-10-31(11-3-1)33-18-21-34(22-19-33)50-51-43(37-24-25-40-39-14-6-8-16-45(39)53-47(40)28-37)30-44(52-50)38-27-42(36-23-20-32-12-4-5-13-35(32)26-36)49-41-15-7-9-17-46(41)54-48(49)29-38/h1-30H. The van der Waals surface area contributed by atoms with Gasteiger partial charge in [-0.1, -0.05) is 133 Å². The number of furan rings is 2. The molecule has 54 heavy (non-hydrogen) atoms. The highest BCUT2D eigenvalue weighted by molar-refractivity contribution is 6.14. The number of rotatable bonds is 5. The summed E-state index contributed by atoms with van der Waals surface area (Å²) in [6, 6.07) is 63.3. The Morgan fingerprint density at radius 2 is 0.889 bits per heavy atom. The Balaban J connectivity index is 1.13. The quantitative estimate of drug-likeness (QED) is 0.180. The molecule has 0 saturated carbocycles. The molecule has 0 fully saturated rings. The van der Waals surface area contributed by atoms with Crippen LogP contribution in [0.15, 0.2) is 191 Å². The van der Waals surface area contributed by atoms with Crippen molar-refractivity contribution in [1.82, 2.24) is 9.97 Å². The average Bonchev–Trinajstić information content (AvgIpc) is 3.81. The molecule has 0 amide bonds. The molecule has 0 radical (unpaired) electrons. The first-order chi connectivity index (χ1) is 26.7. The van der Waals surface area contributed by atoms with E-state index in [4.69, 9.17) is 18.8 Å². The summed E-state index contributed by atoms with van der Waals surface area (Å²) < 4.78 is 12.9. The van der Waals surface area contributed by atoms with E-state index < -0.39 is 0 Å². The van der Waals surface area contributed by atoms with Gasteiger partial charge in [0.25, 0.3) is 0 Å². The first-order valence-corrected chi connectivity index (χ1v) is 18.1. The van der Waals surface area contributed by atoms with Crippen LogP contribution in [0.25, 0.3) is 111 Å². The molecular formula is C50H30N2O2. The zero-order valence-corrected chi connectivity index (χ0v) is 29.0. The van der Waals surface area contributed by atoms with Gasteiger partial charge in [0.1, 0.15) is 22.3 Å². The largest absolute Gasteiger partial charge is 0.456 e. The van der Waals surface area contributed by atoms with E-state index in [2.05, 4.69) is 146 Å². The summed E-state index contributed by atoms with van der Waals surface area (Å²) in [7, 11) is 0. The van der Waals surface area contributed by atoms with Crippen LogP contribution in [0, 0.1) is 0 Å². The summed E-state index contributed by atoms with van der Waals surface area (Å²) in [5, 5.41) is 6.75. The van der Waals surface area contributed by atoms with Gasteiger partial charge in [-0.3, -0.25) is 0 Å². The fourth-order valence-electron chi connectivity index (χ4n) is 7.79. The predicted molar refractivity (Wildman–Crippen MR) is 221 cm³/mol. The number of hydrogen-bond acceptors (Lipinski definition) is 4. The number of aromatic nitrogens is 2. The average molecular weight is 691 g/mol. The molecule has 0 spiro atoms. The Hall–Kier alpha value is -7.30. The molecule has 0 aliphatic heterocycles. The van der Waals surface area contributed by atoms with E-state index in [0.717, 1.165) is 88.6 Å². The van der Waals surface area contributed by atoms with Crippen molar-refractivity contribution in [1.29, 1.82) is 0 Å². The molecule has 0 aliphatic carbocycles. The smallest absolute Gasteiger partial charge is 0.160 e. The fraction of sp³-hybridized carbons (Fsp3) is 0. The zero-order chi connectivity index (χ0) is 35.6. The second-order valence-electron chi connectivity index (χ2n) is 13.8. The molecular weight excluding hydrogens is 661 g/mol. The number of hydrogen-bond donors (Lipinski definition) is 0. The van der Waals surface area contributed by atoms with Crippen molar-refractivity contribution in [3.05, 3.63) is 182 Å². The van der Waals surface area contributed by atoms with Crippen LogP contribution in [0.1, 0.15) is 0 Å². The van der Waals surface area contributed by atoms with Crippen LogP contribution in [-0.2, 0) is 0 Å². The van der Waals surface area contributed by atoms with Gasteiger partial charge in [-0.15, -0.1) is 0 Å². The molecule has 0 saturated heterocycles. The highest BCUT2D eigenvalue weighted by Gasteiger charge is 2.19. The SMILES string of the molecule is c1ccc(-c2ccc(-c3nc(-c4ccc5c(c4)oc4ccccc45)cc(-c4cc(-c5ccc6ccccc6c5)c5c(c4)oc4ccccc45)n3)cc2)cc1. The maximum Gasteiger partial charge on any atom is 0.160 e. The van der Waals surface area contributed by atoms with Gasteiger partial charge in [-0.05, 0) is 81.6 Å². The van der Waals surface area contributed by atoms with Gasteiger partial charge in [0.05, 0.1) is 11.4 Å². The molecule has 0 aliphatic rings. The number of nitrogens with zero attached hydrogens (tertiary/aromatic N) is 2. The molecule has 0 atom stereocenters. The van der Waals surface area contributed by atoms with Crippen LogP contribution in [0.3, 0.4) is 0 Å². The van der Waals surface area contributed by atoms with E-state index in [1.807, 2.05) is 36.4 Å². The summed E-state index contributed by atoms with van der Waals surface area (Å²) in [5.41, 5.74) is 12.3. The number of para-hydroxylation sites is 2. The van der Waals surface area contributed by atoms with Crippen molar-refractivity contribution in [3.8, 4) is 56.2 Å². The van der Waals surface area contributed by atoms with Crippen LogP contribution in [0.2, 0.25) is 0 Å². The third-order valence-electron chi connectivity index (χ3n) is 10.5. The topological polar surface area (TPSA) is 52.1 Å². The normalized spacial score (nSPS) is 11.7. The molecule has 252 valence electrons. The third kappa shape index (κ3) is 5.07. The maximum absolute atomic E-state index is 6.57. The summed E-state index contributed by atoms with van der Waals surface area (Å²) >= 11 is 0. The third-order valence-corrected chi connectivity index (χ3v) is 10.5. The van der Waals surface area contributed by atoms with Crippen LogP contribution >= 0.6 is 0 Å². The van der Waals surface area contributed by atoms with E-state index in [0.29, 0.717) is 5.82 Å². The van der Waals surface area contributed by atoms with E-state index in [1.54, 1.807) is 0 Å². The Morgan fingerprint density at radius 3 is 1.72 bits per heavy atom. The second kappa shape index (κ2) is 12.1. The molecule has 0 unspecified atom stereocenters. The van der Waals surface area contributed by atoms with Crippen molar-refractivity contribution in [2.24, 2.45) is 0 Å². The van der Waals surface area contributed by atoms with E-state index in [9.17, 15) is 0 Å². The first-order valence-electron chi connectivity index (χ1n) is 18.1. The highest BCUT2D eigenvalue weighted by Crippen LogP contribution is 2.41. The highest BCUT2D eigenvalue weighted by atomic mass is 16.3. The van der Waals surface area contributed by atoms with Crippen LogP contribution in [-0.4, -0.2) is 9.97 Å². The lowest BCUT2D eigenvalue weighted by Crippen LogP contribution is -1.96. The Morgan fingerprint density at radius 1 is 0.315 bits per heavy atom. The van der Waals surface area contributed by atoms with Crippen LogP contribution in [0.4, 0.5) is 0 Å². The second-order valence-corrected chi connectivity index (χ2v) is 13.8. The number of benzene rings is 8. The molecule has 0 N–H and O–H groups in total. The van der Waals surface area contributed by atoms with E-state index in [-0.39, 0.29) is 0 Å². The van der Waals surface area contributed by atoms with Crippen molar-refractivity contribution in [2.75, 3.05) is 0 Å². The molecule has 0 bridgehead atoms. The summed E-state index contributed by atoms with van der Waals surface area (Å²) in [6.45, 7) is 0. The van der Waals surface area contributed by atoms with Gasteiger partial charge < -0.3 is 8.83 Å². The van der Waals surface area contributed by atoms with Crippen LogP contribution in [0.5, 0.6) is 0 Å². The zero-order valence-electron chi connectivity index (χ0n) is 29.0. The van der Waals surface area contributed by atoms with Gasteiger partial charge in [-0.25, -0.2) is 9.97 Å². The minimum atomic E-state index is 0.642. The van der Waals surface area contributed by atoms with E-state index in [1.165, 1.54) is 16.3 Å².